The van der Waals surface area contributed by atoms with Gasteiger partial charge in [-0.05, 0) is 19.1 Å². The molecule has 0 saturated heterocycles. The van der Waals surface area contributed by atoms with E-state index < -0.39 is 5.91 Å². The molecule has 0 aliphatic heterocycles. The van der Waals surface area contributed by atoms with E-state index in [4.69, 9.17) is 23.1 Å². The van der Waals surface area contributed by atoms with E-state index in [0.29, 0.717) is 18.7 Å². The average Bonchev–Trinajstić information content (AvgIpc) is 3.04. The van der Waals surface area contributed by atoms with Crippen molar-refractivity contribution in [3.05, 3.63) is 34.9 Å². The molecule has 0 spiro atoms. The van der Waals surface area contributed by atoms with Crippen LogP contribution in [0.2, 0.25) is 5.15 Å². The summed E-state index contributed by atoms with van der Waals surface area (Å²) in [6.07, 6.45) is 0.347. The number of amides is 1. The molecule has 0 aliphatic rings. The van der Waals surface area contributed by atoms with Crippen LogP contribution in [0.3, 0.4) is 0 Å². The third-order valence-corrected chi connectivity index (χ3v) is 6.22. The Morgan fingerprint density at radius 3 is 2.72 bits per heavy atom. The van der Waals surface area contributed by atoms with Crippen LogP contribution in [0.4, 0.5) is 11.6 Å². The number of halogens is 1. The molecule has 12 heteroatoms. The molecule has 0 unspecified atom stereocenters. The molecule has 0 bridgehead atoms. The predicted octanol–water partition coefficient (Wildman–Crippen LogP) is 1.68. The number of nitrogens with two attached hydrogens (primary N) is 2. The fourth-order valence-electron chi connectivity index (χ4n) is 3.32. The highest BCUT2D eigenvalue weighted by Gasteiger charge is 2.24. The Bertz CT molecular complexity index is 1180. The van der Waals surface area contributed by atoms with Gasteiger partial charge in [0.25, 0.3) is 11.7 Å². The van der Waals surface area contributed by atoms with Gasteiger partial charge in [0, 0.05) is 16.7 Å². The Hall–Kier alpha value is -3.05. The number of anilines is 2. The Morgan fingerprint density at radius 1 is 1.28 bits per heavy atom. The molecule has 2 aromatic heterocycles. The zero-order valence-electron chi connectivity index (χ0n) is 18.0. The van der Waals surface area contributed by atoms with Gasteiger partial charge in [0.1, 0.15) is 6.54 Å². The Balaban J connectivity index is 1.82. The van der Waals surface area contributed by atoms with E-state index in [1.54, 1.807) is 11.8 Å². The monoisotopic (exact) mass is 478 g/mol. The van der Waals surface area contributed by atoms with E-state index in [9.17, 15) is 9.59 Å². The van der Waals surface area contributed by atoms with Gasteiger partial charge in [0.15, 0.2) is 33.5 Å². The summed E-state index contributed by atoms with van der Waals surface area (Å²) in [5.74, 6) is 0.682. The second-order valence-electron chi connectivity index (χ2n) is 6.86. The number of nitrogens with zero attached hydrogens (tertiary/aromatic N) is 4. The van der Waals surface area contributed by atoms with Gasteiger partial charge >= 0.3 is 5.97 Å². The quantitative estimate of drug-likeness (QED) is 0.252. The molecule has 0 fully saturated rings. The molecular weight excluding hydrogens is 454 g/mol. The molecular formula is C20H25ClN7O3S+. The van der Waals surface area contributed by atoms with E-state index in [1.807, 2.05) is 30.7 Å². The largest absolute Gasteiger partial charge is 0.469 e. The highest BCUT2D eigenvalue weighted by molar-refractivity contribution is 7.99. The van der Waals surface area contributed by atoms with Gasteiger partial charge in [-0.15, -0.1) is 11.8 Å². The minimum atomic E-state index is -0.496. The predicted molar refractivity (Wildman–Crippen MR) is 123 cm³/mol. The number of thioether (sulfide) groups is 1. The van der Waals surface area contributed by atoms with Crippen molar-refractivity contribution in [1.29, 1.82) is 0 Å². The van der Waals surface area contributed by atoms with Crippen LogP contribution in [-0.4, -0.2) is 39.3 Å². The number of aryl methyl sites for hydroxylation is 2. The van der Waals surface area contributed by atoms with Gasteiger partial charge in [-0.25, -0.2) is 19.1 Å². The van der Waals surface area contributed by atoms with Crippen molar-refractivity contribution in [3.63, 3.8) is 0 Å². The SMILES string of the molecule is CCn1c(CNC(=O)c2nc(Cl)c(N)nc2N)[n+](C)c2ccc(SCCC(=O)OC)cc21. The second-order valence-corrected chi connectivity index (χ2v) is 8.39. The summed E-state index contributed by atoms with van der Waals surface area (Å²) in [7, 11) is 3.32. The van der Waals surface area contributed by atoms with E-state index in [0.717, 1.165) is 21.8 Å². The first-order chi connectivity index (χ1) is 15.3. The van der Waals surface area contributed by atoms with Crippen LogP contribution >= 0.6 is 23.4 Å². The lowest BCUT2D eigenvalue weighted by molar-refractivity contribution is -0.654. The van der Waals surface area contributed by atoms with Crippen molar-refractivity contribution in [1.82, 2.24) is 19.9 Å². The molecule has 0 radical (unpaired) electrons. The number of aromatic nitrogens is 4. The summed E-state index contributed by atoms with van der Waals surface area (Å²) in [4.78, 5) is 32.8. The Labute approximate surface area is 194 Å². The van der Waals surface area contributed by atoms with Crippen LogP contribution in [0.15, 0.2) is 23.1 Å². The molecule has 0 atom stereocenters. The summed E-state index contributed by atoms with van der Waals surface area (Å²) >= 11 is 7.47. The first-order valence-electron chi connectivity index (χ1n) is 9.84. The molecule has 170 valence electrons. The second kappa shape index (κ2) is 10.0. The molecule has 1 amide bonds. The molecule has 3 aromatic rings. The lowest BCUT2D eigenvalue weighted by Crippen LogP contribution is -2.38. The normalized spacial score (nSPS) is 11.0. The number of fused-ring (bicyclic) bond motifs is 1. The van der Waals surface area contributed by atoms with Crippen molar-refractivity contribution >= 4 is 57.9 Å². The average molecular weight is 479 g/mol. The fourth-order valence-corrected chi connectivity index (χ4v) is 4.32. The minimum Gasteiger partial charge on any atom is -0.469 e. The van der Waals surface area contributed by atoms with E-state index >= 15 is 0 Å². The number of rotatable bonds is 8. The third-order valence-electron chi connectivity index (χ3n) is 4.94. The number of hydrogen-bond donors (Lipinski definition) is 3. The summed E-state index contributed by atoms with van der Waals surface area (Å²) < 4.78 is 8.82. The molecule has 3 rings (SSSR count). The smallest absolute Gasteiger partial charge is 0.306 e. The number of imidazole rings is 1. The number of carbonyl (C=O) groups is 2. The van der Waals surface area contributed by atoms with E-state index in [2.05, 4.69) is 30.7 Å². The Kier molecular flexibility index (Phi) is 7.41. The van der Waals surface area contributed by atoms with Crippen molar-refractivity contribution in [3.8, 4) is 0 Å². The molecule has 32 heavy (non-hydrogen) atoms. The molecule has 10 nitrogen and oxygen atoms in total. The van der Waals surface area contributed by atoms with Crippen LogP contribution in [-0.2, 0) is 29.7 Å². The van der Waals surface area contributed by atoms with Crippen molar-refractivity contribution in [2.24, 2.45) is 7.05 Å². The van der Waals surface area contributed by atoms with Crippen LogP contribution < -0.4 is 21.4 Å². The summed E-state index contributed by atoms with van der Waals surface area (Å²) in [5.41, 5.74) is 13.3. The number of carbonyl (C=O) groups excluding carboxylic acids is 2. The van der Waals surface area contributed by atoms with Gasteiger partial charge in [0.05, 0.1) is 27.1 Å². The minimum absolute atomic E-state index is 0.0292. The molecule has 0 saturated carbocycles. The lowest BCUT2D eigenvalue weighted by Gasteiger charge is -2.07. The zero-order valence-corrected chi connectivity index (χ0v) is 19.6. The first kappa shape index (κ1) is 23.6. The topological polar surface area (TPSA) is 142 Å². The number of esters is 1. The number of hydrogen-bond acceptors (Lipinski definition) is 8. The standard InChI is InChI=1S/C20H24ClN7O3S/c1-4-28-13-9-11(32-8-7-15(29)31-3)5-6-12(13)27(2)14(28)10-24-20(30)16-18(22)26-19(23)17(21)25-16/h5-6,9H,4,7-8,10H2,1-3H3,(H4-,22,23,24,26,30)/p+1. The summed E-state index contributed by atoms with van der Waals surface area (Å²) in [5, 5.41) is 2.75. The van der Waals surface area contributed by atoms with Crippen molar-refractivity contribution in [2.75, 3.05) is 24.3 Å². The van der Waals surface area contributed by atoms with Crippen LogP contribution in [0.5, 0.6) is 0 Å². The fraction of sp³-hybridized carbons (Fsp3) is 0.350. The number of ether oxygens (including phenoxy) is 1. The van der Waals surface area contributed by atoms with Crippen molar-refractivity contribution < 1.29 is 18.9 Å². The number of nitrogen functional groups attached to an aromatic ring is 2. The molecule has 0 aliphatic carbocycles. The maximum Gasteiger partial charge on any atom is 0.306 e. The van der Waals surface area contributed by atoms with E-state index in [-0.39, 0.29) is 35.0 Å². The van der Waals surface area contributed by atoms with Gasteiger partial charge in [-0.1, -0.05) is 11.6 Å². The summed E-state index contributed by atoms with van der Waals surface area (Å²) in [6, 6.07) is 6.12. The summed E-state index contributed by atoms with van der Waals surface area (Å²) in [6.45, 7) is 2.98. The zero-order chi connectivity index (χ0) is 23.4. The van der Waals surface area contributed by atoms with Gasteiger partial charge < -0.3 is 21.5 Å². The Morgan fingerprint density at radius 2 is 2.03 bits per heavy atom. The molecule has 5 N–H and O–H groups in total. The number of methoxy groups -OCH3 is 1. The first-order valence-corrected chi connectivity index (χ1v) is 11.2. The molecule has 2 heterocycles. The van der Waals surface area contributed by atoms with Crippen LogP contribution in [0, 0.1) is 0 Å². The van der Waals surface area contributed by atoms with Gasteiger partial charge in [-0.3, -0.25) is 9.59 Å². The highest BCUT2D eigenvalue weighted by atomic mass is 35.5. The van der Waals surface area contributed by atoms with Gasteiger partial charge in [-0.2, -0.15) is 0 Å². The highest BCUT2D eigenvalue weighted by Crippen LogP contribution is 2.24. The molecule has 1 aromatic carbocycles. The maximum atomic E-state index is 12.6. The van der Waals surface area contributed by atoms with E-state index in [1.165, 1.54) is 7.11 Å². The number of benzene rings is 1. The number of nitrogens with one attached hydrogen (secondary N) is 1. The van der Waals surface area contributed by atoms with Crippen LogP contribution in [0.25, 0.3) is 11.0 Å². The maximum absolute atomic E-state index is 12.6. The third kappa shape index (κ3) is 4.89. The lowest BCUT2D eigenvalue weighted by atomic mass is 10.3. The van der Waals surface area contributed by atoms with Gasteiger partial charge in [0.2, 0.25) is 0 Å². The van der Waals surface area contributed by atoms with Crippen molar-refractivity contribution in [2.45, 2.75) is 31.3 Å². The van der Waals surface area contributed by atoms with Crippen LogP contribution in [0.1, 0.15) is 29.7 Å².